The normalized spacial score (nSPS) is 26.2. The van der Waals surface area contributed by atoms with Crippen molar-refractivity contribution in [2.75, 3.05) is 23.4 Å². The van der Waals surface area contributed by atoms with Crippen LogP contribution >= 0.6 is 23.1 Å². The largest absolute Gasteiger partial charge is 0.483 e. The summed E-state index contributed by atoms with van der Waals surface area (Å²) in [5.74, 6) is -2.05. The molecule has 3 amide bonds. The zero-order chi connectivity index (χ0) is 34.0. The second-order valence-corrected chi connectivity index (χ2v) is 15.1. The molecule has 10 nitrogen and oxygen atoms in total. The number of H-pyrrole nitrogens is 1. The van der Waals surface area contributed by atoms with Crippen LogP contribution in [0.2, 0.25) is 0 Å². The number of aromatic nitrogens is 1. The van der Waals surface area contributed by atoms with Gasteiger partial charge in [0.2, 0.25) is 11.8 Å². The minimum Gasteiger partial charge on any atom is -0.483 e. The molecule has 8 rings (SSSR count). The van der Waals surface area contributed by atoms with Gasteiger partial charge in [-0.05, 0) is 80.0 Å². The van der Waals surface area contributed by atoms with E-state index in [1.54, 1.807) is 43.0 Å². The minimum atomic E-state index is -0.489. The number of fused-ring (bicyclic) bond motifs is 9. The van der Waals surface area contributed by atoms with E-state index < -0.39 is 17.8 Å². The molecule has 250 valence electrons. The van der Waals surface area contributed by atoms with Gasteiger partial charge in [-0.2, -0.15) is 0 Å². The monoisotopic (exact) mass is 695 g/mol. The lowest BCUT2D eigenvalue weighted by molar-refractivity contribution is -0.123. The van der Waals surface area contributed by atoms with E-state index in [1.165, 1.54) is 16.2 Å². The Hall–Kier alpha value is -4.68. The maximum Gasteiger partial charge on any atom is 0.338 e. The fourth-order valence-corrected chi connectivity index (χ4v) is 11.4. The number of rotatable bonds is 8. The number of anilines is 2. The number of para-hydroxylation sites is 2. The zero-order valence-electron chi connectivity index (χ0n) is 26.7. The summed E-state index contributed by atoms with van der Waals surface area (Å²) in [6.45, 7) is 3.70. The smallest absolute Gasteiger partial charge is 0.338 e. The number of aryl methyl sites for hydroxylation is 1. The van der Waals surface area contributed by atoms with Crippen molar-refractivity contribution < 1.29 is 28.7 Å². The first kappa shape index (κ1) is 31.6. The number of carbonyl (C=O) groups excluding carboxylic acids is 4. The maximum atomic E-state index is 14.2. The van der Waals surface area contributed by atoms with Crippen molar-refractivity contribution >= 4 is 58.2 Å². The number of benzene rings is 3. The van der Waals surface area contributed by atoms with Crippen molar-refractivity contribution in [2.45, 2.75) is 36.5 Å². The quantitative estimate of drug-likeness (QED) is 0.179. The van der Waals surface area contributed by atoms with Crippen LogP contribution in [0.5, 0.6) is 5.75 Å². The van der Waals surface area contributed by atoms with Crippen molar-refractivity contribution in [3.8, 4) is 5.75 Å². The summed E-state index contributed by atoms with van der Waals surface area (Å²) >= 11 is 2.78. The molecule has 0 unspecified atom stereocenters. The summed E-state index contributed by atoms with van der Waals surface area (Å²) in [5.41, 5.74) is 3.30. The summed E-state index contributed by atoms with van der Waals surface area (Å²) < 4.78 is 11.3. The van der Waals surface area contributed by atoms with E-state index in [4.69, 9.17) is 9.47 Å². The van der Waals surface area contributed by atoms with Gasteiger partial charge in [0.15, 0.2) is 6.61 Å². The molecule has 7 atom stereocenters. The van der Waals surface area contributed by atoms with Gasteiger partial charge >= 0.3 is 10.8 Å². The molecule has 4 aliphatic rings. The summed E-state index contributed by atoms with van der Waals surface area (Å²) in [7, 11) is 0. The average molecular weight is 696 g/mol. The first-order chi connectivity index (χ1) is 23.7. The second-order valence-electron chi connectivity index (χ2n) is 12.9. The Balaban J connectivity index is 1.10. The molecule has 3 fully saturated rings. The first-order valence-electron chi connectivity index (χ1n) is 16.4. The van der Waals surface area contributed by atoms with Crippen LogP contribution in [-0.4, -0.2) is 47.1 Å². The number of aromatic amines is 1. The fraction of sp³-hybridized carbons (Fsp3) is 0.324. The average Bonchev–Trinajstić information content (AvgIpc) is 3.84. The maximum absolute atomic E-state index is 14.2. The van der Waals surface area contributed by atoms with Gasteiger partial charge in [-0.3, -0.25) is 24.1 Å². The standard InChI is InChI=1S/C37H33N3O7S2/c1-3-46-36(44)19-12-14-20(15-13-19)40-34(42)29-22-16-23(30(29)35(40)43)31-28(22)27(32-33(48-31)39-37(45)49-32)21-9-5-7-11-25(21)47-17-26(41)38-24-10-6-4-8-18(24)2/h4-15,22-23,27-31H,3,16-17H2,1-2H3,(H,38,41)(H,39,45)/t22-,23-,27+,28-,29+,30+,31-/m1/s1. The lowest BCUT2D eigenvalue weighted by Gasteiger charge is -2.43. The molecule has 3 heterocycles. The highest BCUT2D eigenvalue weighted by molar-refractivity contribution is 8.00. The number of nitrogens with zero attached hydrogens (tertiary/aromatic N) is 1. The van der Waals surface area contributed by atoms with Gasteiger partial charge in [-0.15, -0.1) is 11.8 Å². The third-order valence-corrected chi connectivity index (χ3v) is 13.0. The van der Waals surface area contributed by atoms with E-state index in [9.17, 15) is 24.0 Å². The molecular formula is C37H33N3O7S2. The molecule has 2 bridgehead atoms. The van der Waals surface area contributed by atoms with E-state index in [0.717, 1.165) is 33.1 Å². The molecule has 2 aliphatic heterocycles. The first-order valence-corrected chi connectivity index (χ1v) is 18.1. The number of amides is 3. The predicted molar refractivity (Wildman–Crippen MR) is 185 cm³/mol. The highest BCUT2D eigenvalue weighted by Gasteiger charge is 2.69. The molecule has 3 aromatic carbocycles. The predicted octanol–water partition coefficient (Wildman–Crippen LogP) is 5.62. The van der Waals surface area contributed by atoms with Gasteiger partial charge in [-0.25, -0.2) is 4.79 Å². The van der Waals surface area contributed by atoms with E-state index in [2.05, 4.69) is 10.3 Å². The third-order valence-electron chi connectivity index (χ3n) is 10.4. The molecule has 1 saturated heterocycles. The Morgan fingerprint density at radius 3 is 2.41 bits per heavy atom. The van der Waals surface area contributed by atoms with Gasteiger partial charge in [-0.1, -0.05) is 47.7 Å². The van der Waals surface area contributed by atoms with Crippen molar-refractivity contribution in [1.82, 2.24) is 4.98 Å². The molecule has 2 aliphatic carbocycles. The van der Waals surface area contributed by atoms with Crippen LogP contribution in [0.4, 0.5) is 11.4 Å². The molecule has 49 heavy (non-hydrogen) atoms. The summed E-state index contributed by atoms with van der Waals surface area (Å²) in [6.07, 6.45) is 0.738. The van der Waals surface area contributed by atoms with Crippen LogP contribution in [0.25, 0.3) is 0 Å². The number of ether oxygens (including phenoxy) is 2. The summed E-state index contributed by atoms with van der Waals surface area (Å²) in [6, 6.07) is 21.5. The van der Waals surface area contributed by atoms with Gasteiger partial charge in [0, 0.05) is 27.3 Å². The molecule has 1 aromatic heterocycles. The molecule has 0 radical (unpaired) electrons. The van der Waals surface area contributed by atoms with Crippen LogP contribution in [0, 0.1) is 36.5 Å². The van der Waals surface area contributed by atoms with E-state index in [1.807, 2.05) is 55.5 Å². The molecule has 2 saturated carbocycles. The number of esters is 1. The highest BCUT2D eigenvalue weighted by Crippen LogP contribution is 2.69. The van der Waals surface area contributed by atoms with E-state index in [-0.39, 0.29) is 64.7 Å². The fourth-order valence-electron chi connectivity index (χ4n) is 8.49. The molecule has 12 heteroatoms. The number of hydrogen-bond acceptors (Lipinski definition) is 9. The summed E-state index contributed by atoms with van der Waals surface area (Å²) in [5, 5.41) is 3.70. The lowest BCUT2D eigenvalue weighted by atomic mass is 9.68. The topological polar surface area (TPSA) is 135 Å². The highest BCUT2D eigenvalue weighted by atomic mass is 32.2. The van der Waals surface area contributed by atoms with Gasteiger partial charge in [0.25, 0.3) is 5.91 Å². The Morgan fingerprint density at radius 1 is 0.939 bits per heavy atom. The van der Waals surface area contributed by atoms with Crippen molar-refractivity contribution in [1.29, 1.82) is 0 Å². The Labute approximate surface area is 290 Å². The third kappa shape index (κ3) is 5.19. The zero-order valence-corrected chi connectivity index (χ0v) is 28.3. The Kier molecular flexibility index (Phi) is 7.95. The van der Waals surface area contributed by atoms with Gasteiger partial charge < -0.3 is 19.8 Å². The number of hydrogen-bond donors (Lipinski definition) is 2. The van der Waals surface area contributed by atoms with Crippen LogP contribution < -0.4 is 19.8 Å². The second kappa shape index (κ2) is 12.3. The van der Waals surface area contributed by atoms with Crippen LogP contribution in [0.1, 0.15) is 45.6 Å². The Morgan fingerprint density at radius 2 is 1.65 bits per heavy atom. The van der Waals surface area contributed by atoms with Crippen LogP contribution in [-0.2, 0) is 19.1 Å². The van der Waals surface area contributed by atoms with Crippen LogP contribution in [0.3, 0.4) is 0 Å². The van der Waals surface area contributed by atoms with Gasteiger partial charge in [0.1, 0.15) is 5.75 Å². The van der Waals surface area contributed by atoms with Crippen molar-refractivity contribution in [3.63, 3.8) is 0 Å². The van der Waals surface area contributed by atoms with Crippen LogP contribution in [0.15, 0.2) is 82.6 Å². The number of thioether (sulfide) groups is 1. The number of nitrogens with one attached hydrogen (secondary N) is 2. The van der Waals surface area contributed by atoms with Crippen molar-refractivity contribution in [3.05, 3.63) is 104 Å². The lowest BCUT2D eigenvalue weighted by Crippen LogP contribution is -2.42. The number of thiazole rings is 1. The van der Waals surface area contributed by atoms with E-state index in [0.29, 0.717) is 17.0 Å². The summed E-state index contributed by atoms with van der Waals surface area (Å²) in [4.78, 5) is 71.2. The Bertz CT molecular complexity index is 2060. The number of carbonyl (C=O) groups is 4. The minimum absolute atomic E-state index is 0.00528. The molecular weight excluding hydrogens is 663 g/mol. The van der Waals surface area contributed by atoms with Crippen molar-refractivity contribution in [2.24, 2.45) is 29.6 Å². The number of imide groups is 1. The molecule has 4 aromatic rings. The SMILES string of the molecule is CCOC(=O)c1ccc(N2C(=O)[C@H]3[C@H]4C[C@@H]([C@@H]3C2=O)[C@@H]2[C@H](c3ccccc3OCC(=O)Nc3ccccc3C)c3sc(=O)[nH]c3S[C@H]42)cc1. The molecule has 2 N–H and O–H groups in total. The molecule has 0 spiro atoms. The van der Waals surface area contributed by atoms with Gasteiger partial charge in [0.05, 0.1) is 34.7 Å². The van der Waals surface area contributed by atoms with E-state index >= 15 is 0 Å².